The standard InChI is InChI=1S/C35H38O11/c1-19-22-17-25(37)46-34(22,43-4)18-23-26(19)27(44-29(38)20-11-7-5-8-12-20)28(45-30(39)21-13-9-6-10-14-21)35(42)32(23,2)16-15-24(36)33(35,3)31(40)41/h5-14,17,19,23-24,26-28,36,42H,15-16,18H2,1-4H3,(H,40,41). The van der Waals surface area contributed by atoms with Gasteiger partial charge in [0.15, 0.2) is 6.10 Å². The minimum atomic E-state index is -2.50. The van der Waals surface area contributed by atoms with E-state index in [0.29, 0.717) is 5.57 Å². The van der Waals surface area contributed by atoms with E-state index in [1.165, 1.54) is 32.2 Å². The number of methoxy groups -OCH3 is 1. The van der Waals surface area contributed by atoms with E-state index in [1.807, 2.05) is 6.92 Å². The van der Waals surface area contributed by atoms with E-state index in [1.54, 1.807) is 55.5 Å². The number of fused-ring (bicyclic) bond motifs is 4. The Morgan fingerprint density at radius 3 is 2.04 bits per heavy atom. The number of carbonyl (C=O) groups is 4. The van der Waals surface area contributed by atoms with Crippen LogP contribution in [0.2, 0.25) is 0 Å². The van der Waals surface area contributed by atoms with Crippen LogP contribution in [0.3, 0.4) is 0 Å². The maximum atomic E-state index is 13.8. The number of aliphatic hydroxyl groups is 2. The number of hydrogen-bond acceptors (Lipinski definition) is 10. The SMILES string of the molecule is COC12CC3C(C(C)C1=CC(=O)O2)C(OC(=O)c1ccccc1)C(OC(=O)c1ccccc1)C1(O)C3(C)CCC(O)C1(C)C(=O)O. The number of carboxylic acid groups (broad SMARTS) is 1. The van der Waals surface area contributed by atoms with Crippen LogP contribution in [0, 0.1) is 28.6 Å². The number of ether oxygens (including phenoxy) is 4. The van der Waals surface area contributed by atoms with Crippen LogP contribution in [0.4, 0.5) is 0 Å². The van der Waals surface area contributed by atoms with Crippen molar-refractivity contribution in [2.75, 3.05) is 7.11 Å². The van der Waals surface area contributed by atoms with Gasteiger partial charge in [-0.3, -0.25) is 4.79 Å². The summed E-state index contributed by atoms with van der Waals surface area (Å²) in [5, 5.41) is 35.4. The quantitative estimate of drug-likeness (QED) is 0.314. The molecule has 10 atom stereocenters. The zero-order valence-electron chi connectivity index (χ0n) is 26.0. The largest absolute Gasteiger partial charge is 0.481 e. The minimum Gasteiger partial charge on any atom is -0.481 e. The van der Waals surface area contributed by atoms with E-state index in [4.69, 9.17) is 18.9 Å². The maximum Gasteiger partial charge on any atom is 0.338 e. The number of aliphatic hydroxyl groups excluding tert-OH is 1. The molecule has 3 aliphatic carbocycles. The van der Waals surface area contributed by atoms with Gasteiger partial charge in [-0.15, -0.1) is 0 Å². The Morgan fingerprint density at radius 2 is 1.50 bits per heavy atom. The summed E-state index contributed by atoms with van der Waals surface area (Å²) in [6, 6.07) is 16.1. The second-order valence-corrected chi connectivity index (χ2v) is 13.3. The predicted molar refractivity (Wildman–Crippen MR) is 160 cm³/mol. The first-order chi connectivity index (χ1) is 21.7. The van der Waals surface area contributed by atoms with Gasteiger partial charge in [0.2, 0.25) is 5.79 Å². The highest BCUT2D eigenvalue weighted by molar-refractivity contribution is 5.91. The summed E-state index contributed by atoms with van der Waals surface area (Å²) in [7, 11) is 1.40. The molecule has 3 fully saturated rings. The van der Waals surface area contributed by atoms with Gasteiger partial charge < -0.3 is 34.3 Å². The van der Waals surface area contributed by atoms with E-state index in [0.717, 1.165) is 0 Å². The van der Waals surface area contributed by atoms with Crippen molar-refractivity contribution in [1.82, 2.24) is 0 Å². The van der Waals surface area contributed by atoms with Crippen LogP contribution in [-0.4, -0.2) is 76.0 Å². The van der Waals surface area contributed by atoms with Crippen LogP contribution in [-0.2, 0) is 28.5 Å². The number of benzene rings is 2. The monoisotopic (exact) mass is 634 g/mol. The number of aliphatic carboxylic acids is 1. The lowest BCUT2D eigenvalue weighted by atomic mass is 9.38. The number of esters is 3. The van der Waals surface area contributed by atoms with E-state index in [9.17, 15) is 34.5 Å². The van der Waals surface area contributed by atoms with Gasteiger partial charge >= 0.3 is 23.9 Å². The summed E-state index contributed by atoms with van der Waals surface area (Å²) >= 11 is 0. The molecule has 4 aliphatic rings. The van der Waals surface area contributed by atoms with Gasteiger partial charge in [-0.1, -0.05) is 50.2 Å². The summed E-state index contributed by atoms with van der Waals surface area (Å²) in [4.78, 5) is 53.5. The highest BCUT2D eigenvalue weighted by atomic mass is 16.7. The van der Waals surface area contributed by atoms with E-state index in [-0.39, 0.29) is 30.4 Å². The number of carbonyl (C=O) groups excluding carboxylic acids is 3. The zero-order chi connectivity index (χ0) is 33.2. The smallest absolute Gasteiger partial charge is 0.338 e. The molecule has 10 unspecified atom stereocenters. The van der Waals surface area contributed by atoms with Gasteiger partial charge in [0, 0.05) is 36.5 Å². The lowest BCUT2D eigenvalue weighted by molar-refractivity contribution is -0.341. The molecule has 0 saturated heterocycles. The summed E-state index contributed by atoms with van der Waals surface area (Å²) in [6.45, 7) is 4.76. The topological polar surface area (TPSA) is 166 Å². The first-order valence-corrected chi connectivity index (χ1v) is 15.4. The number of rotatable bonds is 6. The second-order valence-electron chi connectivity index (χ2n) is 13.3. The molecule has 0 spiro atoms. The molecule has 3 saturated carbocycles. The van der Waals surface area contributed by atoms with Crippen molar-refractivity contribution in [3.05, 3.63) is 83.4 Å². The fraction of sp³-hybridized carbons (Fsp3) is 0.486. The van der Waals surface area contributed by atoms with Crippen LogP contribution in [0.1, 0.15) is 60.7 Å². The Labute approximate surface area is 266 Å². The Morgan fingerprint density at radius 1 is 0.935 bits per heavy atom. The van der Waals surface area contributed by atoms with Crippen molar-refractivity contribution < 1.29 is 53.4 Å². The Balaban J connectivity index is 1.60. The third kappa shape index (κ3) is 4.28. The van der Waals surface area contributed by atoms with Gasteiger partial charge in [0.25, 0.3) is 0 Å². The molecule has 0 radical (unpaired) electrons. The fourth-order valence-corrected chi connectivity index (χ4v) is 8.93. The molecule has 0 aromatic heterocycles. The van der Waals surface area contributed by atoms with Gasteiger partial charge in [-0.25, -0.2) is 14.4 Å². The highest BCUT2D eigenvalue weighted by Gasteiger charge is 2.80. The molecule has 46 heavy (non-hydrogen) atoms. The molecule has 11 heteroatoms. The average molecular weight is 635 g/mol. The summed E-state index contributed by atoms with van der Waals surface area (Å²) in [5.74, 6) is -7.29. The van der Waals surface area contributed by atoms with E-state index in [2.05, 4.69) is 0 Å². The van der Waals surface area contributed by atoms with Gasteiger partial charge in [0.05, 0.1) is 17.2 Å². The average Bonchev–Trinajstić information content (AvgIpc) is 3.40. The molecular weight excluding hydrogens is 596 g/mol. The van der Waals surface area contributed by atoms with Gasteiger partial charge in [-0.2, -0.15) is 0 Å². The van der Waals surface area contributed by atoms with Crippen LogP contribution in [0.25, 0.3) is 0 Å². The van der Waals surface area contributed by atoms with Crippen molar-refractivity contribution in [3.63, 3.8) is 0 Å². The first-order valence-electron chi connectivity index (χ1n) is 15.4. The number of carboxylic acids is 1. The van der Waals surface area contributed by atoms with Crippen LogP contribution in [0.5, 0.6) is 0 Å². The fourth-order valence-electron chi connectivity index (χ4n) is 8.93. The van der Waals surface area contributed by atoms with E-state index >= 15 is 0 Å². The molecule has 244 valence electrons. The molecule has 3 N–H and O–H groups in total. The van der Waals surface area contributed by atoms with Gasteiger partial charge in [0.1, 0.15) is 17.1 Å². The van der Waals surface area contributed by atoms with Crippen molar-refractivity contribution in [1.29, 1.82) is 0 Å². The van der Waals surface area contributed by atoms with E-state index < -0.39 is 82.2 Å². The highest BCUT2D eigenvalue weighted by Crippen LogP contribution is 2.69. The van der Waals surface area contributed by atoms with Crippen LogP contribution >= 0.6 is 0 Å². The molecule has 2 aromatic rings. The molecule has 0 bridgehead atoms. The Bertz CT molecular complexity index is 1590. The van der Waals surface area contributed by atoms with Crippen molar-refractivity contribution in [2.45, 2.75) is 69.7 Å². The first kappa shape index (κ1) is 31.9. The zero-order valence-corrected chi connectivity index (χ0v) is 26.0. The molecule has 1 aliphatic heterocycles. The normalized spacial score (nSPS) is 39.5. The summed E-state index contributed by atoms with van der Waals surface area (Å²) < 4.78 is 24.0. The predicted octanol–water partition coefficient (Wildman–Crippen LogP) is 3.53. The lowest BCUT2D eigenvalue weighted by Gasteiger charge is -2.69. The molecule has 0 amide bonds. The van der Waals surface area contributed by atoms with Crippen molar-refractivity contribution in [3.8, 4) is 0 Å². The van der Waals surface area contributed by atoms with Gasteiger partial charge in [-0.05, 0) is 55.9 Å². The molecule has 6 rings (SSSR count). The minimum absolute atomic E-state index is 0.000572. The molecule has 11 nitrogen and oxygen atoms in total. The molecular formula is C35H38O11. The Hall–Kier alpha value is -4.06. The summed E-state index contributed by atoms with van der Waals surface area (Å²) in [6.07, 6.45) is -3.26. The molecule has 2 aromatic carbocycles. The van der Waals surface area contributed by atoms with Crippen molar-refractivity contribution in [2.24, 2.45) is 28.6 Å². The summed E-state index contributed by atoms with van der Waals surface area (Å²) in [5.41, 5.74) is -5.37. The lowest BCUT2D eigenvalue weighted by Crippen LogP contribution is -2.82. The Kier molecular flexibility index (Phi) is 7.65. The third-order valence-electron chi connectivity index (χ3n) is 11.4. The third-order valence-corrected chi connectivity index (χ3v) is 11.4. The maximum absolute atomic E-state index is 13.8. The molecule has 1 heterocycles. The van der Waals surface area contributed by atoms with Crippen LogP contribution < -0.4 is 0 Å². The van der Waals surface area contributed by atoms with Crippen LogP contribution in [0.15, 0.2) is 72.3 Å². The van der Waals surface area contributed by atoms with Crippen molar-refractivity contribution >= 4 is 23.9 Å². The number of hydrogen-bond donors (Lipinski definition) is 3. The second kappa shape index (κ2) is 11.0.